The van der Waals surface area contributed by atoms with Crippen LogP contribution in [0.25, 0.3) is 0 Å². The second kappa shape index (κ2) is 7.80. The molecule has 6 nitrogen and oxygen atoms in total. The van der Waals surface area contributed by atoms with Gasteiger partial charge < -0.3 is 30.2 Å². The number of rotatable bonds is 2. The highest BCUT2D eigenvalue weighted by Crippen LogP contribution is 2.42. The number of hydrogen-bond donors (Lipinski definition) is 3. The zero-order valence-corrected chi connectivity index (χ0v) is 19.2. The normalized spacial score (nSPS) is 20.3. The lowest BCUT2D eigenvalue weighted by Crippen LogP contribution is -2.27. The third-order valence-electron chi connectivity index (χ3n) is 6.66. The zero-order valence-electron chi connectivity index (χ0n) is 19.2. The van der Waals surface area contributed by atoms with Gasteiger partial charge in [-0.15, -0.1) is 0 Å². The van der Waals surface area contributed by atoms with Crippen LogP contribution in [-0.2, 0) is 0 Å². The molecule has 6 heteroatoms. The molecule has 0 spiro atoms. The highest BCUT2D eigenvalue weighted by molar-refractivity contribution is 5.67. The maximum Gasteiger partial charge on any atom is 0.146 e. The van der Waals surface area contributed by atoms with Gasteiger partial charge in [-0.2, -0.15) is 0 Å². The first-order valence-electron chi connectivity index (χ1n) is 11.6. The molecule has 3 aromatic carbocycles. The summed E-state index contributed by atoms with van der Waals surface area (Å²) >= 11 is 0. The maximum atomic E-state index is 6.52. The summed E-state index contributed by atoms with van der Waals surface area (Å²) in [5, 5.41) is 10.7. The molecular formula is C27H29N3O3. The van der Waals surface area contributed by atoms with Crippen LogP contribution < -0.4 is 30.2 Å². The van der Waals surface area contributed by atoms with Crippen molar-refractivity contribution in [1.82, 2.24) is 0 Å². The second-order valence-electron chi connectivity index (χ2n) is 9.20. The molecule has 3 aliphatic heterocycles. The zero-order chi connectivity index (χ0) is 22.5. The van der Waals surface area contributed by atoms with Crippen LogP contribution in [0.2, 0.25) is 0 Å². The lowest BCUT2D eigenvalue weighted by molar-refractivity contribution is 0.208. The van der Waals surface area contributed by atoms with E-state index in [0.717, 1.165) is 52.0 Å². The van der Waals surface area contributed by atoms with E-state index in [1.165, 1.54) is 16.7 Å². The number of anilines is 3. The minimum Gasteiger partial charge on any atom is -0.490 e. The van der Waals surface area contributed by atoms with E-state index < -0.39 is 0 Å². The van der Waals surface area contributed by atoms with Crippen molar-refractivity contribution >= 4 is 17.1 Å². The second-order valence-corrected chi connectivity index (χ2v) is 9.20. The molecule has 0 fully saturated rings. The van der Waals surface area contributed by atoms with E-state index >= 15 is 0 Å². The van der Waals surface area contributed by atoms with Crippen LogP contribution in [0.15, 0.2) is 42.5 Å². The van der Waals surface area contributed by atoms with Gasteiger partial charge in [-0.1, -0.05) is 12.1 Å². The summed E-state index contributed by atoms with van der Waals surface area (Å²) in [6.07, 6.45) is -0.0668. The average molecular weight is 444 g/mol. The molecule has 0 radical (unpaired) electrons. The fourth-order valence-corrected chi connectivity index (χ4v) is 4.96. The summed E-state index contributed by atoms with van der Waals surface area (Å²) in [6, 6.07) is 15.1. The fourth-order valence-electron chi connectivity index (χ4n) is 4.96. The summed E-state index contributed by atoms with van der Waals surface area (Å²) in [6.45, 7) is 9.14. The predicted molar refractivity (Wildman–Crippen MR) is 131 cm³/mol. The van der Waals surface area contributed by atoms with Crippen molar-refractivity contribution in [3.63, 3.8) is 0 Å². The van der Waals surface area contributed by atoms with E-state index in [4.69, 9.17) is 14.2 Å². The molecule has 2 unspecified atom stereocenters. The molecule has 3 aromatic rings. The summed E-state index contributed by atoms with van der Waals surface area (Å²) in [5.41, 5.74) is 8.98. The van der Waals surface area contributed by atoms with E-state index in [1.807, 2.05) is 0 Å². The molecule has 3 heterocycles. The number of fused-ring (bicyclic) bond motifs is 3. The van der Waals surface area contributed by atoms with E-state index in [1.54, 1.807) is 0 Å². The van der Waals surface area contributed by atoms with Crippen LogP contribution in [0.5, 0.6) is 17.2 Å². The Morgan fingerprint density at radius 1 is 0.818 bits per heavy atom. The lowest BCUT2D eigenvalue weighted by atomic mass is 9.98. The van der Waals surface area contributed by atoms with Gasteiger partial charge in [0.05, 0.1) is 29.6 Å². The van der Waals surface area contributed by atoms with E-state index in [-0.39, 0.29) is 12.1 Å². The van der Waals surface area contributed by atoms with Gasteiger partial charge in [0.2, 0.25) is 0 Å². The third kappa shape index (κ3) is 3.59. The van der Waals surface area contributed by atoms with Crippen molar-refractivity contribution in [2.24, 2.45) is 0 Å². The quantitative estimate of drug-likeness (QED) is 0.486. The van der Waals surface area contributed by atoms with Gasteiger partial charge in [-0.25, -0.2) is 0 Å². The van der Waals surface area contributed by atoms with Crippen molar-refractivity contribution < 1.29 is 14.2 Å². The number of ether oxygens (including phenoxy) is 3. The maximum absolute atomic E-state index is 6.52. The summed E-state index contributed by atoms with van der Waals surface area (Å²) in [4.78, 5) is 0. The van der Waals surface area contributed by atoms with Crippen LogP contribution in [0.3, 0.4) is 0 Å². The van der Waals surface area contributed by atoms with Gasteiger partial charge in [0.1, 0.15) is 36.6 Å². The molecule has 170 valence electrons. The third-order valence-corrected chi connectivity index (χ3v) is 6.66. The van der Waals surface area contributed by atoms with Crippen molar-refractivity contribution in [2.45, 2.75) is 32.9 Å². The molecule has 0 aromatic heterocycles. The Morgan fingerprint density at radius 2 is 1.70 bits per heavy atom. The summed E-state index contributed by atoms with van der Waals surface area (Å²) in [7, 11) is 0. The first kappa shape index (κ1) is 20.1. The van der Waals surface area contributed by atoms with Gasteiger partial charge >= 0.3 is 0 Å². The number of benzene rings is 3. The Morgan fingerprint density at radius 3 is 2.61 bits per heavy atom. The topological polar surface area (TPSA) is 63.8 Å². The Kier molecular flexibility index (Phi) is 4.75. The molecule has 0 bridgehead atoms. The molecule has 33 heavy (non-hydrogen) atoms. The Balaban J connectivity index is 1.25. The Bertz CT molecular complexity index is 1240. The predicted octanol–water partition coefficient (Wildman–Crippen LogP) is 5.51. The molecule has 6 rings (SSSR count). The van der Waals surface area contributed by atoms with Gasteiger partial charge in [0, 0.05) is 6.54 Å². The highest BCUT2D eigenvalue weighted by atomic mass is 16.5. The van der Waals surface area contributed by atoms with Gasteiger partial charge in [0.25, 0.3) is 0 Å². The number of hydrogen-bond acceptors (Lipinski definition) is 6. The van der Waals surface area contributed by atoms with Crippen LogP contribution in [0, 0.1) is 20.8 Å². The standard InChI is InChI=1S/C27H29N3O3/c1-15-4-5-20-23(8-15)32-14-22(30-20)18-10-17(3)27-21(11-18)29-13-25(33-27)19-9-16(2)26-24(12-19)31-7-6-28-26/h4-5,8-12,22,25,28-30H,6-7,13-14H2,1-3H3. The Labute approximate surface area is 194 Å². The largest absolute Gasteiger partial charge is 0.490 e. The first-order valence-corrected chi connectivity index (χ1v) is 11.6. The van der Waals surface area contributed by atoms with Crippen molar-refractivity contribution in [3.8, 4) is 17.2 Å². The minimum atomic E-state index is -0.0668. The highest BCUT2D eigenvalue weighted by Gasteiger charge is 2.27. The van der Waals surface area contributed by atoms with E-state index in [2.05, 4.69) is 79.2 Å². The Hall–Kier alpha value is -3.54. The van der Waals surface area contributed by atoms with E-state index in [9.17, 15) is 0 Å². The molecule has 0 saturated heterocycles. The van der Waals surface area contributed by atoms with Gasteiger partial charge in [-0.3, -0.25) is 0 Å². The van der Waals surface area contributed by atoms with Crippen LogP contribution in [0.4, 0.5) is 17.1 Å². The van der Waals surface area contributed by atoms with Crippen LogP contribution in [-0.4, -0.2) is 26.3 Å². The van der Waals surface area contributed by atoms with Crippen molar-refractivity contribution in [1.29, 1.82) is 0 Å². The fraction of sp³-hybridized carbons (Fsp3) is 0.333. The van der Waals surface area contributed by atoms with Crippen LogP contribution >= 0.6 is 0 Å². The molecule has 0 saturated carbocycles. The van der Waals surface area contributed by atoms with Crippen molar-refractivity contribution in [3.05, 3.63) is 70.3 Å². The molecular weight excluding hydrogens is 414 g/mol. The minimum absolute atomic E-state index is 0.0668. The monoisotopic (exact) mass is 443 g/mol. The van der Waals surface area contributed by atoms with E-state index in [0.29, 0.717) is 19.8 Å². The van der Waals surface area contributed by atoms with Crippen LogP contribution in [0.1, 0.15) is 40.0 Å². The molecule has 3 aliphatic rings. The summed E-state index contributed by atoms with van der Waals surface area (Å²) in [5.74, 6) is 2.75. The lowest BCUT2D eigenvalue weighted by Gasteiger charge is -2.32. The van der Waals surface area contributed by atoms with Gasteiger partial charge in [-0.05, 0) is 78.9 Å². The molecule has 0 aliphatic carbocycles. The summed E-state index contributed by atoms with van der Waals surface area (Å²) < 4.78 is 18.5. The SMILES string of the molecule is Cc1ccc2c(c1)OCC(c1cc(C)c3c(c1)NCC(c1cc(C)c4c(c1)OCCN4)O3)N2. The average Bonchev–Trinajstić information content (AvgIpc) is 2.83. The smallest absolute Gasteiger partial charge is 0.146 e. The van der Waals surface area contributed by atoms with Crippen molar-refractivity contribution in [2.75, 3.05) is 42.3 Å². The molecule has 3 N–H and O–H groups in total. The number of aryl methyl sites for hydroxylation is 3. The molecule has 2 atom stereocenters. The first-order chi connectivity index (χ1) is 16.0. The molecule has 0 amide bonds. The van der Waals surface area contributed by atoms with Gasteiger partial charge in [0.15, 0.2) is 0 Å². The number of nitrogens with one attached hydrogen (secondary N) is 3.